The van der Waals surface area contributed by atoms with Gasteiger partial charge in [0.1, 0.15) is 0 Å². The van der Waals surface area contributed by atoms with Crippen molar-refractivity contribution in [1.29, 1.82) is 0 Å². The molecule has 3 N–H and O–H groups in total. The van der Waals surface area contributed by atoms with Crippen LogP contribution in [0.15, 0.2) is 18.2 Å². The monoisotopic (exact) mass is 209 g/mol. The molecule has 84 valence electrons. The van der Waals surface area contributed by atoms with E-state index in [0.717, 1.165) is 12.1 Å². The van der Waals surface area contributed by atoms with Crippen molar-refractivity contribution in [1.82, 2.24) is 5.32 Å². The van der Waals surface area contributed by atoms with Gasteiger partial charge in [0.05, 0.1) is 0 Å². The fraction of sp³-hybridized carbons (Fsp3) is 0.500. The topological polar surface area (TPSA) is 52.5 Å². The number of aromatic hydroxyl groups is 2. The summed E-state index contributed by atoms with van der Waals surface area (Å²) < 4.78 is 0. The van der Waals surface area contributed by atoms with E-state index in [0.29, 0.717) is 6.54 Å². The molecule has 1 aromatic rings. The van der Waals surface area contributed by atoms with E-state index in [1.54, 1.807) is 12.1 Å². The van der Waals surface area contributed by atoms with E-state index < -0.39 is 0 Å². The molecule has 0 saturated carbocycles. The summed E-state index contributed by atoms with van der Waals surface area (Å²) in [7, 11) is 0. The lowest BCUT2D eigenvalue weighted by Gasteiger charge is -2.18. The van der Waals surface area contributed by atoms with Crippen LogP contribution in [0.5, 0.6) is 11.5 Å². The molecule has 0 aromatic heterocycles. The van der Waals surface area contributed by atoms with Crippen LogP contribution in [0.3, 0.4) is 0 Å². The second-order valence-electron chi connectivity index (χ2n) is 4.99. The van der Waals surface area contributed by atoms with Crippen molar-refractivity contribution in [3.8, 4) is 11.5 Å². The number of hydrogen-bond donors (Lipinski definition) is 3. The van der Waals surface area contributed by atoms with E-state index >= 15 is 0 Å². The van der Waals surface area contributed by atoms with Gasteiger partial charge in [-0.05, 0) is 23.1 Å². The van der Waals surface area contributed by atoms with Crippen LogP contribution < -0.4 is 5.32 Å². The lowest BCUT2D eigenvalue weighted by molar-refractivity contribution is 0.378. The van der Waals surface area contributed by atoms with Gasteiger partial charge in [0, 0.05) is 13.1 Å². The Bertz CT molecular complexity index is 329. The summed E-state index contributed by atoms with van der Waals surface area (Å²) in [6.07, 6.45) is 0. The maximum Gasteiger partial charge on any atom is 0.157 e. The van der Waals surface area contributed by atoms with Crippen molar-refractivity contribution >= 4 is 0 Å². The average molecular weight is 209 g/mol. The third kappa shape index (κ3) is 4.21. The van der Waals surface area contributed by atoms with E-state index in [9.17, 15) is 5.11 Å². The molecule has 0 unspecified atom stereocenters. The van der Waals surface area contributed by atoms with Gasteiger partial charge in [0.15, 0.2) is 11.5 Å². The highest BCUT2D eigenvalue weighted by molar-refractivity contribution is 5.40. The molecule has 0 aliphatic heterocycles. The lowest BCUT2D eigenvalue weighted by atomic mass is 9.97. The van der Waals surface area contributed by atoms with Gasteiger partial charge in [-0.15, -0.1) is 0 Å². The number of phenols is 2. The zero-order chi connectivity index (χ0) is 11.5. The second kappa shape index (κ2) is 4.53. The van der Waals surface area contributed by atoms with Crippen LogP contribution in [0.2, 0.25) is 0 Å². The van der Waals surface area contributed by atoms with Crippen LogP contribution in [-0.2, 0) is 6.54 Å². The van der Waals surface area contributed by atoms with Gasteiger partial charge in [0.25, 0.3) is 0 Å². The molecule has 3 nitrogen and oxygen atoms in total. The van der Waals surface area contributed by atoms with Crippen LogP contribution in [-0.4, -0.2) is 16.8 Å². The minimum atomic E-state index is -0.0745. The highest BCUT2D eigenvalue weighted by Crippen LogP contribution is 2.24. The van der Waals surface area contributed by atoms with Gasteiger partial charge in [-0.2, -0.15) is 0 Å². The summed E-state index contributed by atoms with van der Waals surface area (Å²) in [5.74, 6) is -0.139. The third-order valence-corrected chi connectivity index (χ3v) is 2.02. The van der Waals surface area contributed by atoms with Gasteiger partial charge in [0.2, 0.25) is 0 Å². The predicted molar refractivity (Wildman–Crippen MR) is 60.9 cm³/mol. The number of rotatable bonds is 3. The van der Waals surface area contributed by atoms with E-state index in [2.05, 4.69) is 26.1 Å². The summed E-state index contributed by atoms with van der Waals surface area (Å²) in [5.41, 5.74) is 1.22. The van der Waals surface area contributed by atoms with Crippen molar-refractivity contribution in [3.63, 3.8) is 0 Å². The summed E-state index contributed by atoms with van der Waals surface area (Å²) in [4.78, 5) is 0. The fourth-order valence-electron chi connectivity index (χ4n) is 1.26. The molecule has 0 aliphatic carbocycles. The molecule has 1 rings (SSSR count). The fourth-order valence-corrected chi connectivity index (χ4v) is 1.26. The standard InChI is InChI=1S/C12H19NO2/c1-12(2,3)8-13-7-9-4-5-10(14)11(15)6-9/h4-6,13-15H,7-8H2,1-3H3. The van der Waals surface area contributed by atoms with Crippen LogP contribution in [0, 0.1) is 5.41 Å². The SMILES string of the molecule is CC(C)(C)CNCc1ccc(O)c(O)c1. The average Bonchev–Trinajstić information content (AvgIpc) is 2.09. The second-order valence-corrected chi connectivity index (χ2v) is 4.99. The molecule has 0 bridgehead atoms. The smallest absolute Gasteiger partial charge is 0.157 e. The molecule has 0 saturated heterocycles. The molecule has 3 heteroatoms. The normalized spacial score (nSPS) is 11.7. The molecule has 0 fully saturated rings. The molecule has 0 atom stereocenters. The molecule has 0 spiro atoms. The third-order valence-electron chi connectivity index (χ3n) is 2.02. The lowest BCUT2D eigenvalue weighted by Crippen LogP contribution is -2.26. The molecule has 0 aliphatic rings. The molecule has 1 aromatic carbocycles. The van der Waals surface area contributed by atoms with E-state index in [1.165, 1.54) is 6.07 Å². The van der Waals surface area contributed by atoms with E-state index in [1.807, 2.05) is 0 Å². The Kier molecular flexibility index (Phi) is 3.58. The minimum absolute atomic E-state index is 0.0648. The molecule has 0 heterocycles. The summed E-state index contributed by atoms with van der Waals surface area (Å²) in [6, 6.07) is 4.87. The van der Waals surface area contributed by atoms with Gasteiger partial charge in [-0.25, -0.2) is 0 Å². The van der Waals surface area contributed by atoms with E-state index in [4.69, 9.17) is 5.11 Å². The number of phenolic OH excluding ortho intramolecular Hbond substituents is 2. The Morgan fingerprint density at radius 2 is 1.80 bits per heavy atom. The number of hydrogen-bond acceptors (Lipinski definition) is 3. The van der Waals surface area contributed by atoms with Crippen LogP contribution in [0.4, 0.5) is 0 Å². The van der Waals surface area contributed by atoms with Crippen LogP contribution in [0.25, 0.3) is 0 Å². The summed E-state index contributed by atoms with van der Waals surface area (Å²) in [5, 5.41) is 21.7. The molecule has 15 heavy (non-hydrogen) atoms. The zero-order valence-electron chi connectivity index (χ0n) is 9.54. The first-order chi connectivity index (χ1) is 6.88. The van der Waals surface area contributed by atoms with Crippen molar-refractivity contribution in [2.24, 2.45) is 5.41 Å². The number of benzene rings is 1. The van der Waals surface area contributed by atoms with Crippen molar-refractivity contribution < 1.29 is 10.2 Å². The van der Waals surface area contributed by atoms with Gasteiger partial charge in [-0.1, -0.05) is 26.8 Å². The predicted octanol–water partition coefficient (Wildman–Crippen LogP) is 2.23. The largest absolute Gasteiger partial charge is 0.504 e. The van der Waals surface area contributed by atoms with Crippen LogP contribution in [0.1, 0.15) is 26.3 Å². The first kappa shape index (κ1) is 11.9. The Morgan fingerprint density at radius 3 is 2.33 bits per heavy atom. The maximum atomic E-state index is 9.28. The molecule has 0 radical (unpaired) electrons. The Morgan fingerprint density at radius 1 is 1.13 bits per heavy atom. The van der Waals surface area contributed by atoms with Crippen LogP contribution >= 0.6 is 0 Å². The van der Waals surface area contributed by atoms with Gasteiger partial charge < -0.3 is 15.5 Å². The van der Waals surface area contributed by atoms with Gasteiger partial charge >= 0.3 is 0 Å². The van der Waals surface area contributed by atoms with Crippen molar-refractivity contribution in [2.75, 3.05) is 6.54 Å². The Balaban J connectivity index is 2.48. The Labute approximate surface area is 90.8 Å². The highest BCUT2D eigenvalue weighted by atomic mass is 16.3. The number of nitrogens with one attached hydrogen (secondary N) is 1. The highest BCUT2D eigenvalue weighted by Gasteiger charge is 2.09. The maximum absolute atomic E-state index is 9.28. The summed E-state index contributed by atoms with van der Waals surface area (Å²) in [6.45, 7) is 8.09. The first-order valence-corrected chi connectivity index (χ1v) is 5.10. The van der Waals surface area contributed by atoms with E-state index in [-0.39, 0.29) is 16.9 Å². The Hall–Kier alpha value is -1.22. The molecular formula is C12H19NO2. The van der Waals surface area contributed by atoms with Crippen molar-refractivity contribution in [2.45, 2.75) is 27.3 Å². The molecular weight excluding hydrogens is 190 g/mol. The van der Waals surface area contributed by atoms with Crippen molar-refractivity contribution in [3.05, 3.63) is 23.8 Å². The summed E-state index contributed by atoms with van der Waals surface area (Å²) >= 11 is 0. The van der Waals surface area contributed by atoms with Gasteiger partial charge in [-0.3, -0.25) is 0 Å². The quantitative estimate of drug-likeness (QED) is 0.669. The minimum Gasteiger partial charge on any atom is -0.504 e. The first-order valence-electron chi connectivity index (χ1n) is 5.10. The molecule has 0 amide bonds. The zero-order valence-corrected chi connectivity index (χ0v) is 9.54.